The molecule has 3 rings (SSSR count). The molecule has 226 valence electrons. The third kappa shape index (κ3) is 11.4. The van der Waals surface area contributed by atoms with E-state index in [0.29, 0.717) is 5.92 Å². The van der Waals surface area contributed by atoms with Crippen molar-refractivity contribution in [2.24, 2.45) is 0 Å². The van der Waals surface area contributed by atoms with Gasteiger partial charge >= 0.3 is 0 Å². The van der Waals surface area contributed by atoms with E-state index in [1.54, 1.807) is 0 Å². The first-order valence-electron chi connectivity index (χ1n) is 17.3. The zero-order valence-electron chi connectivity index (χ0n) is 26.8. The average Bonchev–Trinajstić information content (AvgIpc) is 3.47. The monoisotopic (exact) mass is 556 g/mol. The molecule has 41 heavy (non-hydrogen) atoms. The normalized spacial score (nSPS) is 13.7. The number of hydrogen-bond donors (Lipinski definition) is 0. The Labute approximate surface area is 253 Å². The molecule has 0 saturated carbocycles. The molecule has 0 radical (unpaired) electrons. The van der Waals surface area contributed by atoms with Crippen LogP contribution < -0.4 is 0 Å². The number of nitrogens with zero attached hydrogens (tertiary/aromatic N) is 2. The predicted octanol–water partition coefficient (Wildman–Crippen LogP) is 11.8. The SMILES string of the molecule is CCCCCCCCCCCCCCCCC(c1nccn1CCCC)C(C)(Cc1ccccc1)c1ccccc1. The Kier molecular flexibility index (Phi) is 15.9. The third-order valence-electron chi connectivity index (χ3n) is 9.27. The lowest BCUT2D eigenvalue weighted by molar-refractivity contribution is 0.321. The lowest BCUT2D eigenvalue weighted by atomic mass is 9.66. The highest BCUT2D eigenvalue weighted by Crippen LogP contribution is 2.44. The highest BCUT2D eigenvalue weighted by atomic mass is 15.1. The molecule has 0 spiro atoms. The van der Waals surface area contributed by atoms with E-state index >= 15 is 0 Å². The summed E-state index contributed by atoms with van der Waals surface area (Å²) in [5.74, 6) is 1.67. The first kappa shape index (κ1) is 33.2. The highest BCUT2D eigenvalue weighted by Gasteiger charge is 2.39. The fraction of sp³-hybridized carbons (Fsp3) is 0.615. The van der Waals surface area contributed by atoms with Gasteiger partial charge in [0.05, 0.1) is 0 Å². The van der Waals surface area contributed by atoms with E-state index in [9.17, 15) is 0 Å². The number of imidazole rings is 1. The van der Waals surface area contributed by atoms with Gasteiger partial charge in [0.2, 0.25) is 0 Å². The Morgan fingerprint density at radius 1 is 0.634 bits per heavy atom. The topological polar surface area (TPSA) is 17.8 Å². The number of benzene rings is 2. The fourth-order valence-electron chi connectivity index (χ4n) is 6.69. The number of hydrogen-bond acceptors (Lipinski definition) is 1. The van der Waals surface area contributed by atoms with Crippen molar-refractivity contribution in [2.75, 3.05) is 0 Å². The molecule has 2 atom stereocenters. The van der Waals surface area contributed by atoms with E-state index in [1.807, 2.05) is 6.20 Å². The smallest absolute Gasteiger partial charge is 0.112 e. The van der Waals surface area contributed by atoms with Crippen molar-refractivity contribution in [3.8, 4) is 0 Å². The summed E-state index contributed by atoms with van der Waals surface area (Å²) >= 11 is 0. The van der Waals surface area contributed by atoms with Crippen molar-refractivity contribution < 1.29 is 0 Å². The molecule has 0 bridgehead atoms. The molecule has 0 aliphatic rings. The summed E-state index contributed by atoms with van der Waals surface area (Å²) in [4.78, 5) is 5.05. The van der Waals surface area contributed by atoms with Crippen molar-refractivity contribution >= 4 is 0 Å². The summed E-state index contributed by atoms with van der Waals surface area (Å²) in [5.41, 5.74) is 2.83. The van der Waals surface area contributed by atoms with Gasteiger partial charge in [0.1, 0.15) is 5.82 Å². The summed E-state index contributed by atoms with van der Waals surface area (Å²) in [7, 11) is 0. The minimum absolute atomic E-state index is 0.0194. The maximum Gasteiger partial charge on any atom is 0.112 e. The standard InChI is InChI=1S/C39H60N2/c1-4-6-8-9-10-11-12-13-14-15-16-17-18-25-30-37(38-40-31-33-41(38)32-7-5-2)39(3,36-28-23-20-24-29-36)34-35-26-21-19-22-27-35/h19-24,26-29,31,33,37H,4-18,25,30,32,34H2,1-3H3. The van der Waals surface area contributed by atoms with Gasteiger partial charge in [-0.2, -0.15) is 0 Å². The van der Waals surface area contributed by atoms with Crippen molar-refractivity contribution in [3.05, 3.63) is 90.0 Å². The molecule has 0 fully saturated rings. The van der Waals surface area contributed by atoms with Crippen molar-refractivity contribution in [3.63, 3.8) is 0 Å². The maximum absolute atomic E-state index is 5.05. The van der Waals surface area contributed by atoms with E-state index < -0.39 is 0 Å². The van der Waals surface area contributed by atoms with E-state index in [4.69, 9.17) is 4.98 Å². The van der Waals surface area contributed by atoms with Crippen LogP contribution in [0.25, 0.3) is 0 Å². The quantitative estimate of drug-likeness (QED) is 0.106. The summed E-state index contributed by atoms with van der Waals surface area (Å²) in [5, 5.41) is 0. The maximum atomic E-state index is 5.05. The number of aryl methyl sites for hydroxylation is 1. The molecular formula is C39H60N2. The van der Waals surface area contributed by atoms with E-state index in [1.165, 1.54) is 126 Å². The summed E-state index contributed by atoms with van der Waals surface area (Å²) in [6, 6.07) is 22.4. The van der Waals surface area contributed by atoms with Gasteiger partial charge in [0.25, 0.3) is 0 Å². The molecule has 1 heterocycles. The van der Waals surface area contributed by atoms with Crippen LogP contribution in [0.5, 0.6) is 0 Å². The second-order valence-corrected chi connectivity index (χ2v) is 12.7. The van der Waals surface area contributed by atoms with Crippen LogP contribution in [0.3, 0.4) is 0 Å². The van der Waals surface area contributed by atoms with Crippen LogP contribution in [0.2, 0.25) is 0 Å². The molecule has 2 aromatic carbocycles. The van der Waals surface area contributed by atoms with Gasteiger partial charge in [-0.25, -0.2) is 4.98 Å². The molecule has 2 heteroatoms. The molecular weight excluding hydrogens is 496 g/mol. The molecule has 2 unspecified atom stereocenters. The van der Waals surface area contributed by atoms with Gasteiger partial charge in [0, 0.05) is 30.3 Å². The second kappa shape index (κ2) is 19.7. The van der Waals surface area contributed by atoms with Gasteiger partial charge < -0.3 is 4.57 Å². The van der Waals surface area contributed by atoms with Crippen LogP contribution >= 0.6 is 0 Å². The molecule has 0 N–H and O–H groups in total. The van der Waals surface area contributed by atoms with Crippen LogP contribution in [0.15, 0.2) is 73.1 Å². The molecule has 0 aliphatic carbocycles. The summed E-state index contributed by atoms with van der Waals surface area (Å²) in [6.07, 6.45) is 28.5. The molecule has 0 amide bonds. The van der Waals surface area contributed by atoms with E-state index in [-0.39, 0.29) is 5.41 Å². The summed E-state index contributed by atoms with van der Waals surface area (Å²) in [6.45, 7) is 8.15. The summed E-state index contributed by atoms with van der Waals surface area (Å²) < 4.78 is 2.46. The van der Waals surface area contributed by atoms with Crippen molar-refractivity contribution in [1.82, 2.24) is 9.55 Å². The second-order valence-electron chi connectivity index (χ2n) is 12.7. The Morgan fingerprint density at radius 3 is 1.71 bits per heavy atom. The van der Waals surface area contributed by atoms with Crippen LogP contribution in [0, 0.1) is 0 Å². The van der Waals surface area contributed by atoms with Gasteiger partial charge in [-0.05, 0) is 30.4 Å². The Balaban J connectivity index is 1.59. The van der Waals surface area contributed by atoms with Crippen molar-refractivity contribution in [2.45, 2.75) is 154 Å². The average molecular weight is 557 g/mol. The van der Waals surface area contributed by atoms with E-state index in [2.05, 4.69) is 92.2 Å². The van der Waals surface area contributed by atoms with Crippen LogP contribution in [-0.2, 0) is 18.4 Å². The zero-order valence-corrected chi connectivity index (χ0v) is 26.8. The Morgan fingerprint density at radius 2 is 1.15 bits per heavy atom. The fourth-order valence-corrected chi connectivity index (χ4v) is 6.69. The predicted molar refractivity (Wildman–Crippen MR) is 179 cm³/mol. The molecule has 2 nitrogen and oxygen atoms in total. The van der Waals surface area contributed by atoms with Crippen LogP contribution in [0.1, 0.15) is 153 Å². The van der Waals surface area contributed by atoms with Crippen LogP contribution in [-0.4, -0.2) is 9.55 Å². The van der Waals surface area contributed by atoms with Gasteiger partial charge in [-0.15, -0.1) is 0 Å². The first-order chi connectivity index (χ1) is 20.2. The lowest BCUT2D eigenvalue weighted by Crippen LogP contribution is -2.35. The highest BCUT2D eigenvalue weighted by molar-refractivity contribution is 5.33. The van der Waals surface area contributed by atoms with Gasteiger partial charge in [-0.1, -0.05) is 178 Å². The minimum atomic E-state index is -0.0194. The lowest BCUT2D eigenvalue weighted by Gasteiger charge is -2.39. The Hall–Kier alpha value is -2.35. The van der Waals surface area contributed by atoms with Gasteiger partial charge in [-0.3, -0.25) is 0 Å². The number of aromatic nitrogens is 2. The van der Waals surface area contributed by atoms with Crippen molar-refractivity contribution in [1.29, 1.82) is 0 Å². The molecule has 3 aromatic rings. The van der Waals surface area contributed by atoms with E-state index in [0.717, 1.165) is 13.0 Å². The number of rotatable bonds is 23. The molecule has 0 aliphatic heterocycles. The minimum Gasteiger partial charge on any atom is -0.335 e. The van der Waals surface area contributed by atoms with Gasteiger partial charge in [0.15, 0.2) is 0 Å². The molecule has 1 aromatic heterocycles. The third-order valence-corrected chi connectivity index (χ3v) is 9.27. The zero-order chi connectivity index (χ0) is 29.0. The molecule has 0 saturated heterocycles. The first-order valence-corrected chi connectivity index (χ1v) is 17.3. The largest absolute Gasteiger partial charge is 0.335 e. The number of unbranched alkanes of at least 4 members (excludes halogenated alkanes) is 14. The Bertz CT molecular complexity index is 1020. The van der Waals surface area contributed by atoms with Crippen LogP contribution in [0.4, 0.5) is 0 Å².